The van der Waals surface area contributed by atoms with Crippen LogP contribution in [-0.4, -0.2) is 15.5 Å². The van der Waals surface area contributed by atoms with Gasteiger partial charge in [-0.1, -0.05) is 12.1 Å². The lowest BCUT2D eigenvalue weighted by molar-refractivity contribution is -0.122. The van der Waals surface area contributed by atoms with Gasteiger partial charge in [-0.25, -0.2) is 9.37 Å². The molecular weight excluding hydrogens is 285 g/mol. The van der Waals surface area contributed by atoms with Crippen molar-refractivity contribution < 1.29 is 9.18 Å². The molecule has 0 aliphatic rings. The molecule has 0 radical (unpaired) electrons. The molecule has 0 fully saturated rings. The van der Waals surface area contributed by atoms with E-state index in [-0.39, 0.29) is 35.7 Å². The van der Waals surface area contributed by atoms with Gasteiger partial charge in [-0.2, -0.15) is 10.5 Å². The maximum absolute atomic E-state index is 12.9. The van der Waals surface area contributed by atoms with E-state index in [9.17, 15) is 9.18 Å². The number of amides is 1. The van der Waals surface area contributed by atoms with Crippen molar-refractivity contribution in [1.82, 2.24) is 14.9 Å². The van der Waals surface area contributed by atoms with Gasteiger partial charge in [-0.05, 0) is 24.6 Å². The average Bonchev–Trinajstić information content (AvgIpc) is 2.89. The summed E-state index contributed by atoms with van der Waals surface area (Å²) < 4.78 is 14.2. The molecule has 1 aromatic heterocycles. The fraction of sp³-hybridized carbons (Fsp3) is 0.200. The Balaban J connectivity index is 2.05. The molecule has 7 heteroatoms. The highest BCUT2D eigenvalue weighted by molar-refractivity contribution is 5.76. The van der Waals surface area contributed by atoms with E-state index in [4.69, 9.17) is 10.5 Å². The van der Waals surface area contributed by atoms with Crippen LogP contribution in [0.25, 0.3) is 0 Å². The Hall–Kier alpha value is -3.19. The van der Waals surface area contributed by atoms with E-state index in [0.717, 1.165) is 5.56 Å². The van der Waals surface area contributed by atoms with Crippen molar-refractivity contribution in [3.63, 3.8) is 0 Å². The number of hydrogen-bond donors (Lipinski definition) is 1. The van der Waals surface area contributed by atoms with E-state index in [2.05, 4.69) is 10.3 Å². The Bertz CT molecular complexity index is 767. The normalized spacial score (nSPS) is 11.3. The second-order valence-electron chi connectivity index (χ2n) is 4.63. The first-order chi connectivity index (χ1) is 10.5. The molecule has 22 heavy (non-hydrogen) atoms. The van der Waals surface area contributed by atoms with E-state index in [1.165, 1.54) is 23.0 Å². The second-order valence-corrected chi connectivity index (χ2v) is 4.63. The summed E-state index contributed by atoms with van der Waals surface area (Å²) >= 11 is 0. The van der Waals surface area contributed by atoms with Crippen molar-refractivity contribution in [3.8, 4) is 12.1 Å². The van der Waals surface area contributed by atoms with Crippen LogP contribution in [0.5, 0.6) is 0 Å². The maximum Gasteiger partial charge on any atom is 0.240 e. The van der Waals surface area contributed by atoms with E-state index in [0.29, 0.717) is 0 Å². The minimum absolute atomic E-state index is 0.0121. The molecule has 6 nitrogen and oxygen atoms in total. The lowest BCUT2D eigenvalue weighted by Crippen LogP contribution is -2.30. The van der Waals surface area contributed by atoms with Gasteiger partial charge >= 0.3 is 0 Å². The molecule has 0 saturated heterocycles. The van der Waals surface area contributed by atoms with E-state index >= 15 is 0 Å². The quantitative estimate of drug-likeness (QED) is 0.928. The van der Waals surface area contributed by atoms with Crippen LogP contribution in [0.4, 0.5) is 4.39 Å². The zero-order valence-electron chi connectivity index (χ0n) is 11.7. The number of rotatable bonds is 4. The third-order valence-corrected chi connectivity index (χ3v) is 3.11. The van der Waals surface area contributed by atoms with Gasteiger partial charge in [0, 0.05) is 0 Å². The van der Waals surface area contributed by atoms with Gasteiger partial charge in [0.15, 0.2) is 11.4 Å². The SMILES string of the molecule is C[C@H](NC(=O)Cn1cnc(C#N)c1C#N)c1ccc(F)cc1. The number of nitrogens with one attached hydrogen (secondary N) is 1. The lowest BCUT2D eigenvalue weighted by Gasteiger charge is -2.14. The molecule has 1 amide bonds. The fourth-order valence-electron chi connectivity index (χ4n) is 1.98. The zero-order chi connectivity index (χ0) is 16.1. The minimum Gasteiger partial charge on any atom is -0.348 e. The highest BCUT2D eigenvalue weighted by atomic mass is 19.1. The summed E-state index contributed by atoms with van der Waals surface area (Å²) in [5.74, 6) is -0.682. The summed E-state index contributed by atoms with van der Waals surface area (Å²) in [4.78, 5) is 15.8. The minimum atomic E-state index is -0.344. The summed E-state index contributed by atoms with van der Waals surface area (Å²) in [6.07, 6.45) is 1.28. The van der Waals surface area contributed by atoms with Gasteiger partial charge in [0.2, 0.25) is 5.91 Å². The van der Waals surface area contributed by atoms with Gasteiger partial charge < -0.3 is 9.88 Å². The van der Waals surface area contributed by atoms with Gasteiger partial charge in [0.1, 0.15) is 24.5 Å². The highest BCUT2D eigenvalue weighted by Gasteiger charge is 2.14. The first-order valence-corrected chi connectivity index (χ1v) is 6.45. The molecule has 0 aliphatic carbocycles. The molecule has 0 spiro atoms. The van der Waals surface area contributed by atoms with E-state index < -0.39 is 0 Å². The highest BCUT2D eigenvalue weighted by Crippen LogP contribution is 2.13. The Kier molecular flexibility index (Phi) is 4.50. The Morgan fingerprint density at radius 3 is 2.64 bits per heavy atom. The fourth-order valence-corrected chi connectivity index (χ4v) is 1.98. The molecule has 0 bridgehead atoms. The first-order valence-electron chi connectivity index (χ1n) is 6.45. The standard InChI is InChI=1S/C15H12FN5O/c1-10(11-2-4-12(16)5-3-11)20-15(22)8-21-9-19-13(6-17)14(21)7-18/h2-5,9-10H,8H2,1H3,(H,20,22)/t10-/m0/s1. The van der Waals surface area contributed by atoms with Crippen molar-refractivity contribution in [2.24, 2.45) is 0 Å². The molecule has 2 aromatic rings. The third-order valence-electron chi connectivity index (χ3n) is 3.11. The van der Waals surface area contributed by atoms with Crippen LogP contribution in [0.1, 0.15) is 29.9 Å². The maximum atomic E-state index is 12.9. The number of hydrogen-bond acceptors (Lipinski definition) is 4. The van der Waals surface area contributed by atoms with Crippen LogP contribution in [0.3, 0.4) is 0 Å². The molecule has 0 aliphatic heterocycles. The number of nitrogens with zero attached hydrogens (tertiary/aromatic N) is 4. The third kappa shape index (κ3) is 3.28. The van der Waals surface area contributed by atoms with Crippen molar-refractivity contribution in [3.05, 3.63) is 53.4 Å². The van der Waals surface area contributed by atoms with Crippen molar-refractivity contribution >= 4 is 5.91 Å². The number of imidazole rings is 1. The predicted molar refractivity (Wildman–Crippen MR) is 74.6 cm³/mol. The monoisotopic (exact) mass is 297 g/mol. The first kappa shape index (κ1) is 15.2. The topological polar surface area (TPSA) is 94.5 Å². The van der Waals surface area contributed by atoms with Crippen molar-refractivity contribution in [2.75, 3.05) is 0 Å². The van der Waals surface area contributed by atoms with Gasteiger partial charge in [0.05, 0.1) is 12.4 Å². The molecular formula is C15H12FN5O. The molecule has 0 saturated carbocycles. The van der Waals surface area contributed by atoms with E-state index in [1.54, 1.807) is 25.1 Å². The van der Waals surface area contributed by atoms with Gasteiger partial charge in [-0.3, -0.25) is 4.79 Å². The summed E-state index contributed by atoms with van der Waals surface area (Å²) in [5.41, 5.74) is 0.799. The predicted octanol–water partition coefficient (Wildman–Crippen LogP) is 1.64. The average molecular weight is 297 g/mol. The van der Waals surface area contributed by atoms with Crippen LogP contribution >= 0.6 is 0 Å². The molecule has 1 heterocycles. The number of nitriles is 2. The summed E-state index contributed by atoms with van der Waals surface area (Å²) in [7, 11) is 0. The van der Waals surface area contributed by atoms with Crippen LogP contribution < -0.4 is 5.32 Å². The molecule has 1 atom stereocenters. The number of carbonyl (C=O) groups excluding carboxylic acids is 1. The molecule has 1 aromatic carbocycles. The molecule has 110 valence electrons. The largest absolute Gasteiger partial charge is 0.348 e. The van der Waals surface area contributed by atoms with Crippen molar-refractivity contribution in [2.45, 2.75) is 19.5 Å². The molecule has 1 N–H and O–H groups in total. The van der Waals surface area contributed by atoms with Crippen LogP contribution in [0, 0.1) is 28.5 Å². The van der Waals surface area contributed by atoms with Crippen LogP contribution in [-0.2, 0) is 11.3 Å². The number of benzene rings is 1. The summed E-state index contributed by atoms with van der Waals surface area (Å²) in [5, 5.41) is 20.5. The Labute approximate surface area is 126 Å². The smallest absolute Gasteiger partial charge is 0.240 e. The summed E-state index contributed by atoms with van der Waals surface area (Å²) in [6.45, 7) is 1.65. The van der Waals surface area contributed by atoms with Gasteiger partial charge in [0.25, 0.3) is 0 Å². The lowest BCUT2D eigenvalue weighted by atomic mass is 10.1. The van der Waals surface area contributed by atoms with E-state index in [1.807, 2.05) is 6.07 Å². The van der Waals surface area contributed by atoms with Gasteiger partial charge in [-0.15, -0.1) is 0 Å². The summed E-state index contributed by atoms with van der Waals surface area (Å²) in [6, 6.07) is 9.15. The Morgan fingerprint density at radius 2 is 2.05 bits per heavy atom. The zero-order valence-corrected chi connectivity index (χ0v) is 11.7. The molecule has 0 unspecified atom stereocenters. The van der Waals surface area contributed by atoms with Crippen molar-refractivity contribution in [1.29, 1.82) is 10.5 Å². The number of carbonyl (C=O) groups is 1. The number of halogens is 1. The molecule has 2 rings (SSSR count). The number of aromatic nitrogens is 2. The van der Waals surface area contributed by atoms with Crippen LogP contribution in [0.2, 0.25) is 0 Å². The Morgan fingerprint density at radius 1 is 1.36 bits per heavy atom. The second kappa shape index (κ2) is 6.51. The van der Waals surface area contributed by atoms with Crippen LogP contribution in [0.15, 0.2) is 30.6 Å².